The first-order chi connectivity index (χ1) is 7.82. The molecule has 0 spiro atoms. The zero-order valence-corrected chi connectivity index (χ0v) is 11.6. The van der Waals surface area contributed by atoms with E-state index >= 15 is 0 Å². The lowest BCUT2D eigenvalue weighted by Gasteiger charge is -2.26. The molecule has 1 rings (SSSR count). The lowest BCUT2D eigenvalue weighted by atomic mass is 9.93. The minimum absolute atomic E-state index is 0.124. The van der Waals surface area contributed by atoms with Crippen molar-refractivity contribution in [2.24, 2.45) is 17.8 Å². The Morgan fingerprint density at radius 3 is 2.59 bits per heavy atom. The van der Waals surface area contributed by atoms with Crippen LogP contribution in [0.1, 0.15) is 53.4 Å². The molecular weight excluding hydrogens is 214 g/mol. The summed E-state index contributed by atoms with van der Waals surface area (Å²) in [5.41, 5.74) is -0.786. The van der Waals surface area contributed by atoms with Crippen LogP contribution in [0.5, 0.6) is 0 Å². The fourth-order valence-electron chi connectivity index (χ4n) is 2.90. The van der Waals surface area contributed by atoms with E-state index in [1.165, 1.54) is 0 Å². The highest BCUT2D eigenvalue weighted by Crippen LogP contribution is 2.31. The lowest BCUT2D eigenvalue weighted by molar-refractivity contribution is -0.127. The van der Waals surface area contributed by atoms with Gasteiger partial charge in [-0.3, -0.25) is 4.79 Å². The third kappa shape index (κ3) is 4.66. The van der Waals surface area contributed by atoms with Crippen LogP contribution in [0.25, 0.3) is 0 Å². The smallest absolute Gasteiger partial charge is 0.223 e. The summed E-state index contributed by atoms with van der Waals surface area (Å²) in [6.45, 7) is 8.47. The van der Waals surface area contributed by atoms with Gasteiger partial charge in [-0.1, -0.05) is 27.2 Å². The average Bonchev–Trinajstić information content (AvgIpc) is 2.59. The predicted octanol–water partition coefficient (Wildman–Crippen LogP) is 2.34. The molecule has 1 aliphatic rings. The topological polar surface area (TPSA) is 49.3 Å². The molecule has 2 N–H and O–H groups in total. The highest BCUT2D eigenvalue weighted by atomic mass is 16.3. The Morgan fingerprint density at radius 1 is 1.47 bits per heavy atom. The molecule has 0 saturated heterocycles. The second-order valence-corrected chi connectivity index (χ2v) is 6.33. The van der Waals surface area contributed by atoms with Crippen molar-refractivity contribution in [3.8, 4) is 0 Å². The van der Waals surface area contributed by atoms with E-state index in [4.69, 9.17) is 0 Å². The molecule has 1 aliphatic carbocycles. The van der Waals surface area contributed by atoms with Gasteiger partial charge in [-0.15, -0.1) is 0 Å². The first-order valence-electron chi connectivity index (χ1n) is 6.82. The number of hydrogen-bond donors (Lipinski definition) is 2. The van der Waals surface area contributed by atoms with Gasteiger partial charge in [0.1, 0.15) is 0 Å². The van der Waals surface area contributed by atoms with Crippen LogP contribution in [0.15, 0.2) is 0 Å². The van der Waals surface area contributed by atoms with Crippen LogP contribution in [0, 0.1) is 17.8 Å². The van der Waals surface area contributed by atoms with Crippen molar-refractivity contribution < 1.29 is 9.90 Å². The maximum absolute atomic E-state index is 12.0. The summed E-state index contributed by atoms with van der Waals surface area (Å²) in [6.07, 6.45) is 4.02. The Bertz CT molecular complexity index is 261. The molecule has 0 radical (unpaired) electrons. The molecule has 3 atom stereocenters. The summed E-state index contributed by atoms with van der Waals surface area (Å²) < 4.78 is 0. The third-order valence-corrected chi connectivity index (χ3v) is 3.69. The molecule has 1 saturated carbocycles. The fourth-order valence-corrected chi connectivity index (χ4v) is 2.90. The number of carbonyl (C=O) groups is 1. The summed E-state index contributed by atoms with van der Waals surface area (Å²) in [5, 5.41) is 13.0. The highest BCUT2D eigenvalue weighted by molar-refractivity contribution is 5.79. The summed E-state index contributed by atoms with van der Waals surface area (Å²) >= 11 is 0. The molecule has 0 heterocycles. The van der Waals surface area contributed by atoms with Gasteiger partial charge >= 0.3 is 0 Å². The Balaban J connectivity index is 2.37. The van der Waals surface area contributed by atoms with Gasteiger partial charge in [0.2, 0.25) is 5.91 Å². The highest BCUT2D eigenvalue weighted by Gasteiger charge is 2.31. The predicted molar refractivity (Wildman–Crippen MR) is 69.6 cm³/mol. The normalized spacial score (nSPS) is 28.1. The zero-order valence-electron chi connectivity index (χ0n) is 11.6. The van der Waals surface area contributed by atoms with Crippen molar-refractivity contribution in [2.45, 2.75) is 59.0 Å². The standard InChI is InChI=1S/C14H27NO2/c1-10(2)8-14(4,17)9-15-13(16)12-7-5-6-11(12)3/h10-12,17H,5-9H2,1-4H3,(H,15,16). The summed E-state index contributed by atoms with van der Waals surface area (Å²) in [4.78, 5) is 12.0. The third-order valence-electron chi connectivity index (χ3n) is 3.69. The Hall–Kier alpha value is -0.570. The monoisotopic (exact) mass is 241 g/mol. The number of hydrogen-bond acceptors (Lipinski definition) is 2. The number of aliphatic hydroxyl groups is 1. The van der Waals surface area contributed by atoms with Crippen LogP contribution in [-0.4, -0.2) is 23.2 Å². The molecule has 0 bridgehead atoms. The number of amides is 1. The van der Waals surface area contributed by atoms with E-state index in [1.807, 2.05) is 0 Å². The number of carbonyl (C=O) groups excluding carboxylic acids is 1. The van der Waals surface area contributed by atoms with Gasteiger partial charge in [-0.05, 0) is 38.0 Å². The maximum atomic E-state index is 12.0. The van der Waals surface area contributed by atoms with Crippen molar-refractivity contribution in [2.75, 3.05) is 6.54 Å². The number of rotatable bonds is 5. The van der Waals surface area contributed by atoms with Crippen molar-refractivity contribution in [3.63, 3.8) is 0 Å². The zero-order chi connectivity index (χ0) is 13.1. The largest absolute Gasteiger partial charge is 0.388 e. The van der Waals surface area contributed by atoms with Gasteiger partial charge in [-0.2, -0.15) is 0 Å². The van der Waals surface area contributed by atoms with Crippen molar-refractivity contribution in [1.29, 1.82) is 0 Å². The summed E-state index contributed by atoms with van der Waals surface area (Å²) in [5.74, 6) is 1.21. The van der Waals surface area contributed by atoms with Crippen LogP contribution < -0.4 is 5.32 Å². The Labute approximate surface area is 105 Å². The van der Waals surface area contributed by atoms with E-state index in [-0.39, 0.29) is 11.8 Å². The van der Waals surface area contributed by atoms with Gasteiger partial charge < -0.3 is 10.4 Å². The van der Waals surface area contributed by atoms with Crippen LogP contribution in [0.4, 0.5) is 0 Å². The molecule has 100 valence electrons. The van der Waals surface area contributed by atoms with Crippen molar-refractivity contribution in [1.82, 2.24) is 5.32 Å². The molecule has 3 heteroatoms. The van der Waals surface area contributed by atoms with Crippen molar-refractivity contribution in [3.05, 3.63) is 0 Å². The Morgan fingerprint density at radius 2 is 2.12 bits per heavy atom. The molecule has 0 aliphatic heterocycles. The van der Waals surface area contributed by atoms with E-state index in [2.05, 4.69) is 26.1 Å². The van der Waals surface area contributed by atoms with E-state index in [0.717, 1.165) is 19.3 Å². The van der Waals surface area contributed by atoms with Gasteiger partial charge in [-0.25, -0.2) is 0 Å². The van der Waals surface area contributed by atoms with Gasteiger partial charge in [0.05, 0.1) is 5.60 Å². The molecule has 1 fully saturated rings. The molecule has 1 amide bonds. The minimum Gasteiger partial charge on any atom is -0.388 e. The SMILES string of the molecule is CC(C)CC(C)(O)CNC(=O)C1CCCC1C. The molecule has 3 nitrogen and oxygen atoms in total. The molecule has 3 unspecified atom stereocenters. The fraction of sp³-hybridized carbons (Fsp3) is 0.929. The maximum Gasteiger partial charge on any atom is 0.223 e. The average molecular weight is 241 g/mol. The molecule has 17 heavy (non-hydrogen) atoms. The summed E-state index contributed by atoms with van der Waals surface area (Å²) in [7, 11) is 0. The lowest BCUT2D eigenvalue weighted by Crippen LogP contribution is -2.43. The first kappa shape index (κ1) is 14.5. The molecular formula is C14H27NO2. The molecule has 0 aromatic rings. The second kappa shape index (κ2) is 5.85. The molecule has 0 aromatic heterocycles. The number of nitrogens with one attached hydrogen (secondary N) is 1. The Kier molecular flexibility index (Phi) is 4.99. The minimum atomic E-state index is -0.786. The summed E-state index contributed by atoms with van der Waals surface area (Å²) in [6, 6.07) is 0. The van der Waals surface area contributed by atoms with Gasteiger partial charge in [0, 0.05) is 12.5 Å². The van der Waals surface area contributed by atoms with Gasteiger partial charge in [0.25, 0.3) is 0 Å². The van der Waals surface area contributed by atoms with Gasteiger partial charge in [0.15, 0.2) is 0 Å². The van der Waals surface area contributed by atoms with Crippen LogP contribution in [-0.2, 0) is 4.79 Å². The van der Waals surface area contributed by atoms with Crippen LogP contribution in [0.2, 0.25) is 0 Å². The van der Waals surface area contributed by atoms with E-state index in [0.29, 0.717) is 24.8 Å². The van der Waals surface area contributed by atoms with E-state index < -0.39 is 5.60 Å². The van der Waals surface area contributed by atoms with Crippen LogP contribution >= 0.6 is 0 Å². The molecule has 0 aromatic carbocycles. The second-order valence-electron chi connectivity index (χ2n) is 6.33. The van der Waals surface area contributed by atoms with E-state index in [1.54, 1.807) is 6.92 Å². The van der Waals surface area contributed by atoms with Crippen molar-refractivity contribution >= 4 is 5.91 Å². The first-order valence-corrected chi connectivity index (χ1v) is 6.82. The van der Waals surface area contributed by atoms with Crippen LogP contribution in [0.3, 0.4) is 0 Å². The quantitative estimate of drug-likeness (QED) is 0.776. The van der Waals surface area contributed by atoms with E-state index in [9.17, 15) is 9.90 Å².